The van der Waals surface area contributed by atoms with E-state index in [0.717, 1.165) is 51.9 Å². The summed E-state index contributed by atoms with van der Waals surface area (Å²) in [6.45, 7) is 6.62. The summed E-state index contributed by atoms with van der Waals surface area (Å²) in [5.74, 6) is -0.738. The Hall–Kier alpha value is -0.650. The van der Waals surface area contributed by atoms with Crippen LogP contribution in [0.15, 0.2) is 0 Å². The van der Waals surface area contributed by atoms with Crippen molar-refractivity contribution < 1.29 is 19.4 Å². The van der Waals surface area contributed by atoms with Crippen LogP contribution in [0.1, 0.15) is 46.0 Å². The molecule has 0 amide bonds. The summed E-state index contributed by atoms with van der Waals surface area (Å²) in [4.78, 5) is 13.3. The monoisotopic (exact) mass is 285 g/mol. The number of hydrogen-bond donors (Lipinski definition) is 1. The molecule has 2 rings (SSSR count). The van der Waals surface area contributed by atoms with Crippen LogP contribution < -0.4 is 0 Å². The number of carboxylic acid groups (broad SMARTS) is 1. The Morgan fingerprint density at radius 2 is 2.10 bits per heavy atom. The normalized spacial score (nSPS) is 27.6. The summed E-state index contributed by atoms with van der Waals surface area (Å²) in [6, 6.07) is 0.610. The van der Waals surface area contributed by atoms with Gasteiger partial charge in [0.25, 0.3) is 0 Å². The first kappa shape index (κ1) is 15.7. The van der Waals surface area contributed by atoms with Gasteiger partial charge in [0, 0.05) is 31.9 Å². The first-order valence-corrected chi connectivity index (χ1v) is 7.75. The molecule has 2 unspecified atom stereocenters. The summed E-state index contributed by atoms with van der Waals surface area (Å²) in [7, 11) is 0. The zero-order valence-corrected chi connectivity index (χ0v) is 12.6. The van der Waals surface area contributed by atoms with E-state index in [-0.39, 0.29) is 12.1 Å². The molecule has 2 atom stereocenters. The van der Waals surface area contributed by atoms with E-state index in [0.29, 0.717) is 12.1 Å². The maximum atomic E-state index is 11.1. The fourth-order valence-corrected chi connectivity index (χ4v) is 3.41. The van der Waals surface area contributed by atoms with Crippen molar-refractivity contribution in [3.8, 4) is 0 Å². The highest BCUT2D eigenvalue weighted by atomic mass is 16.5. The molecule has 0 aromatic carbocycles. The molecular formula is C15H27NO4. The molecule has 2 aliphatic rings. The standard InChI is InChI=1S/C15H27NO4/c1-3-12(2)16(11-14(17)18)13-4-7-20-15(10-13)5-8-19-9-6-15/h12-13H,3-11H2,1-2H3,(H,17,18). The second kappa shape index (κ2) is 6.87. The number of carboxylic acids is 1. The number of aliphatic carboxylic acids is 1. The van der Waals surface area contributed by atoms with Crippen molar-refractivity contribution in [3.05, 3.63) is 0 Å². The summed E-state index contributed by atoms with van der Waals surface area (Å²) < 4.78 is 11.5. The Morgan fingerprint density at radius 1 is 1.40 bits per heavy atom. The minimum absolute atomic E-state index is 0.0780. The highest BCUT2D eigenvalue weighted by Crippen LogP contribution is 2.36. The number of ether oxygens (including phenoxy) is 2. The number of nitrogens with zero attached hydrogens (tertiary/aromatic N) is 1. The predicted molar refractivity (Wildman–Crippen MR) is 75.9 cm³/mol. The lowest BCUT2D eigenvalue weighted by Gasteiger charge is -2.47. The van der Waals surface area contributed by atoms with Crippen molar-refractivity contribution >= 4 is 5.97 Å². The van der Waals surface area contributed by atoms with Gasteiger partial charge in [0.15, 0.2) is 0 Å². The molecule has 20 heavy (non-hydrogen) atoms. The summed E-state index contributed by atoms with van der Waals surface area (Å²) in [6.07, 6.45) is 4.71. The summed E-state index contributed by atoms with van der Waals surface area (Å²) in [5, 5.41) is 9.17. The highest BCUT2D eigenvalue weighted by molar-refractivity contribution is 5.69. The Bertz CT molecular complexity index is 322. The average molecular weight is 285 g/mol. The van der Waals surface area contributed by atoms with E-state index in [1.807, 2.05) is 0 Å². The minimum Gasteiger partial charge on any atom is -0.480 e. The van der Waals surface area contributed by atoms with Crippen molar-refractivity contribution in [1.82, 2.24) is 4.90 Å². The van der Waals surface area contributed by atoms with E-state index in [2.05, 4.69) is 18.7 Å². The topological polar surface area (TPSA) is 59.0 Å². The molecule has 2 aliphatic heterocycles. The SMILES string of the molecule is CCC(C)N(CC(=O)O)C1CCOC2(CCOCC2)C1. The number of rotatable bonds is 5. The number of carbonyl (C=O) groups is 1. The van der Waals surface area contributed by atoms with Gasteiger partial charge in [-0.15, -0.1) is 0 Å². The Morgan fingerprint density at radius 3 is 2.70 bits per heavy atom. The third kappa shape index (κ3) is 3.71. The zero-order valence-electron chi connectivity index (χ0n) is 12.6. The van der Waals surface area contributed by atoms with Crippen LogP contribution in [-0.2, 0) is 14.3 Å². The first-order valence-electron chi connectivity index (χ1n) is 7.75. The van der Waals surface area contributed by atoms with E-state index in [1.165, 1.54) is 0 Å². The van der Waals surface area contributed by atoms with Crippen LogP contribution in [-0.4, -0.2) is 60.0 Å². The van der Waals surface area contributed by atoms with Gasteiger partial charge in [-0.2, -0.15) is 0 Å². The first-order chi connectivity index (χ1) is 9.56. The molecule has 5 nitrogen and oxygen atoms in total. The predicted octanol–water partition coefficient (Wildman–Crippen LogP) is 1.90. The molecule has 2 fully saturated rings. The lowest BCUT2D eigenvalue weighted by Crippen LogP contribution is -2.54. The van der Waals surface area contributed by atoms with Gasteiger partial charge < -0.3 is 14.6 Å². The quantitative estimate of drug-likeness (QED) is 0.836. The van der Waals surface area contributed by atoms with Gasteiger partial charge in [-0.05, 0) is 39.0 Å². The maximum Gasteiger partial charge on any atom is 0.317 e. The van der Waals surface area contributed by atoms with Crippen molar-refractivity contribution in [2.45, 2.75) is 63.6 Å². The van der Waals surface area contributed by atoms with E-state index >= 15 is 0 Å². The van der Waals surface area contributed by atoms with Crippen LogP contribution in [0.2, 0.25) is 0 Å². The molecule has 0 aromatic rings. The van der Waals surface area contributed by atoms with Gasteiger partial charge in [-0.25, -0.2) is 0 Å². The molecule has 2 heterocycles. The van der Waals surface area contributed by atoms with Gasteiger partial charge in [-0.3, -0.25) is 9.69 Å². The summed E-state index contributed by atoms with van der Waals surface area (Å²) >= 11 is 0. The molecular weight excluding hydrogens is 258 g/mol. The average Bonchev–Trinajstić information content (AvgIpc) is 2.44. The second-order valence-corrected chi connectivity index (χ2v) is 6.11. The maximum absolute atomic E-state index is 11.1. The fourth-order valence-electron chi connectivity index (χ4n) is 3.41. The van der Waals surface area contributed by atoms with Crippen molar-refractivity contribution in [1.29, 1.82) is 0 Å². The lowest BCUT2D eigenvalue weighted by atomic mass is 9.83. The van der Waals surface area contributed by atoms with Crippen LogP contribution >= 0.6 is 0 Å². The molecule has 0 bridgehead atoms. The third-order valence-corrected chi connectivity index (χ3v) is 4.81. The van der Waals surface area contributed by atoms with Gasteiger partial charge in [0.2, 0.25) is 0 Å². The van der Waals surface area contributed by atoms with E-state index in [1.54, 1.807) is 0 Å². The van der Waals surface area contributed by atoms with Crippen LogP contribution in [0, 0.1) is 0 Å². The second-order valence-electron chi connectivity index (χ2n) is 6.11. The minimum atomic E-state index is -0.738. The molecule has 1 N–H and O–H groups in total. The largest absolute Gasteiger partial charge is 0.480 e. The smallest absolute Gasteiger partial charge is 0.317 e. The van der Waals surface area contributed by atoms with Crippen molar-refractivity contribution in [3.63, 3.8) is 0 Å². The van der Waals surface area contributed by atoms with Crippen LogP contribution in [0.25, 0.3) is 0 Å². The van der Waals surface area contributed by atoms with E-state index < -0.39 is 5.97 Å². The molecule has 2 saturated heterocycles. The fraction of sp³-hybridized carbons (Fsp3) is 0.933. The molecule has 0 radical (unpaired) electrons. The lowest BCUT2D eigenvalue weighted by molar-refractivity contribution is -0.159. The van der Waals surface area contributed by atoms with Gasteiger partial charge in [-0.1, -0.05) is 6.92 Å². The third-order valence-electron chi connectivity index (χ3n) is 4.81. The Labute approximate surface area is 121 Å². The Kier molecular flexibility index (Phi) is 5.41. The van der Waals surface area contributed by atoms with Crippen LogP contribution in [0.3, 0.4) is 0 Å². The van der Waals surface area contributed by atoms with Gasteiger partial charge >= 0.3 is 5.97 Å². The molecule has 116 valence electrons. The van der Waals surface area contributed by atoms with Gasteiger partial charge in [0.05, 0.1) is 12.1 Å². The molecule has 0 aromatic heterocycles. The van der Waals surface area contributed by atoms with Crippen LogP contribution in [0.5, 0.6) is 0 Å². The molecule has 0 saturated carbocycles. The molecule has 5 heteroatoms. The zero-order chi connectivity index (χ0) is 14.6. The van der Waals surface area contributed by atoms with Crippen molar-refractivity contribution in [2.75, 3.05) is 26.4 Å². The highest BCUT2D eigenvalue weighted by Gasteiger charge is 2.41. The van der Waals surface area contributed by atoms with Gasteiger partial charge in [0.1, 0.15) is 0 Å². The van der Waals surface area contributed by atoms with E-state index in [4.69, 9.17) is 14.6 Å². The molecule has 0 aliphatic carbocycles. The van der Waals surface area contributed by atoms with Crippen LogP contribution in [0.4, 0.5) is 0 Å². The van der Waals surface area contributed by atoms with E-state index in [9.17, 15) is 4.79 Å². The number of hydrogen-bond acceptors (Lipinski definition) is 4. The molecule has 1 spiro atoms. The Balaban J connectivity index is 2.05. The summed E-state index contributed by atoms with van der Waals surface area (Å²) in [5.41, 5.74) is -0.0780. The van der Waals surface area contributed by atoms with Crippen molar-refractivity contribution in [2.24, 2.45) is 0 Å².